The highest BCUT2D eigenvalue weighted by molar-refractivity contribution is 7.99. The molecule has 1 amide bonds. The number of aromatic amines is 1. The van der Waals surface area contributed by atoms with Crippen LogP contribution in [0.15, 0.2) is 35.5 Å². The quantitative estimate of drug-likeness (QED) is 0.572. The van der Waals surface area contributed by atoms with Crippen LogP contribution in [-0.4, -0.2) is 36.8 Å². The lowest BCUT2D eigenvalue weighted by atomic mass is 10.2. The number of aromatic nitrogens is 5. The molecule has 0 bridgehead atoms. The van der Waals surface area contributed by atoms with Crippen molar-refractivity contribution < 1.29 is 4.79 Å². The number of anilines is 3. The van der Waals surface area contributed by atoms with E-state index in [1.807, 2.05) is 32.9 Å². The Morgan fingerprint density at radius 3 is 2.65 bits per heavy atom. The van der Waals surface area contributed by atoms with Crippen LogP contribution in [0.3, 0.4) is 0 Å². The molecule has 0 aliphatic heterocycles. The van der Waals surface area contributed by atoms with Gasteiger partial charge in [-0.05, 0) is 43.9 Å². The van der Waals surface area contributed by atoms with E-state index in [0.717, 1.165) is 22.8 Å². The van der Waals surface area contributed by atoms with Crippen LogP contribution in [-0.2, 0) is 0 Å². The minimum atomic E-state index is -0.279. The summed E-state index contributed by atoms with van der Waals surface area (Å²) in [6.07, 6.45) is 0. The number of carbonyl (C=O) groups excluding carboxylic acids is 1. The molecular formula is C17H19N7OS. The topological polar surface area (TPSA) is 108 Å². The molecule has 3 rings (SSSR count). The maximum Gasteiger partial charge on any atom is 0.258 e. The second-order valence-corrected chi connectivity index (χ2v) is 6.77. The highest BCUT2D eigenvalue weighted by atomic mass is 32.2. The molecule has 134 valence electrons. The fourth-order valence-corrected chi connectivity index (χ4v) is 2.85. The minimum absolute atomic E-state index is 0.279. The number of hydrogen-bond acceptors (Lipinski definition) is 7. The Kier molecular flexibility index (Phi) is 5.47. The summed E-state index contributed by atoms with van der Waals surface area (Å²) in [6.45, 7) is 5.83. The van der Waals surface area contributed by atoms with Crippen LogP contribution in [0, 0.1) is 13.8 Å². The molecule has 1 aromatic carbocycles. The molecule has 0 atom stereocenters. The molecule has 8 nitrogen and oxygen atoms in total. The molecule has 0 saturated heterocycles. The summed E-state index contributed by atoms with van der Waals surface area (Å²) in [7, 11) is 0. The molecule has 0 aliphatic rings. The molecule has 2 aromatic heterocycles. The van der Waals surface area contributed by atoms with E-state index in [1.165, 1.54) is 11.8 Å². The predicted molar refractivity (Wildman–Crippen MR) is 102 cm³/mol. The third kappa shape index (κ3) is 4.57. The Morgan fingerprint density at radius 2 is 1.92 bits per heavy atom. The normalized spacial score (nSPS) is 10.6. The molecule has 3 aromatic rings. The summed E-state index contributed by atoms with van der Waals surface area (Å²) >= 11 is 1.50. The van der Waals surface area contributed by atoms with E-state index >= 15 is 0 Å². The molecule has 0 spiro atoms. The Bertz CT molecular complexity index is 905. The van der Waals surface area contributed by atoms with Crippen LogP contribution in [0.2, 0.25) is 0 Å². The van der Waals surface area contributed by atoms with Gasteiger partial charge in [0, 0.05) is 22.6 Å². The average molecular weight is 369 g/mol. The Balaban J connectivity index is 1.72. The molecular weight excluding hydrogens is 350 g/mol. The lowest BCUT2D eigenvalue weighted by molar-refractivity contribution is 0.102. The van der Waals surface area contributed by atoms with E-state index in [-0.39, 0.29) is 5.91 Å². The Labute approximate surface area is 155 Å². The van der Waals surface area contributed by atoms with Crippen LogP contribution in [0.5, 0.6) is 0 Å². The van der Waals surface area contributed by atoms with Crippen molar-refractivity contribution in [1.82, 2.24) is 25.1 Å². The second-order valence-electron chi connectivity index (χ2n) is 5.53. The van der Waals surface area contributed by atoms with E-state index in [1.54, 1.807) is 18.2 Å². The van der Waals surface area contributed by atoms with Crippen molar-refractivity contribution in [3.05, 3.63) is 47.3 Å². The second kappa shape index (κ2) is 7.96. The number of amides is 1. The Morgan fingerprint density at radius 1 is 1.15 bits per heavy atom. The number of carbonyl (C=O) groups is 1. The maximum atomic E-state index is 12.4. The lowest BCUT2D eigenvalue weighted by Crippen LogP contribution is -2.13. The van der Waals surface area contributed by atoms with Crippen molar-refractivity contribution in [2.75, 3.05) is 16.4 Å². The third-order valence-corrected chi connectivity index (χ3v) is 4.06. The number of hydrogen-bond donors (Lipinski definition) is 3. The van der Waals surface area contributed by atoms with Gasteiger partial charge in [0.1, 0.15) is 0 Å². The smallest absolute Gasteiger partial charge is 0.258 e. The zero-order chi connectivity index (χ0) is 18.5. The molecule has 0 unspecified atom stereocenters. The van der Waals surface area contributed by atoms with Crippen molar-refractivity contribution in [3.63, 3.8) is 0 Å². The van der Waals surface area contributed by atoms with Crippen LogP contribution < -0.4 is 10.6 Å². The molecule has 2 heterocycles. The maximum absolute atomic E-state index is 12.4. The minimum Gasteiger partial charge on any atom is -0.324 e. The summed E-state index contributed by atoms with van der Waals surface area (Å²) in [5.74, 6) is 1.40. The molecule has 3 N–H and O–H groups in total. The van der Waals surface area contributed by atoms with Gasteiger partial charge in [-0.25, -0.2) is 15.1 Å². The van der Waals surface area contributed by atoms with Gasteiger partial charge in [-0.3, -0.25) is 10.1 Å². The average Bonchev–Trinajstić information content (AvgIpc) is 3.01. The van der Waals surface area contributed by atoms with Crippen molar-refractivity contribution in [1.29, 1.82) is 0 Å². The van der Waals surface area contributed by atoms with E-state index < -0.39 is 0 Å². The van der Waals surface area contributed by atoms with Crippen LogP contribution in [0.1, 0.15) is 28.7 Å². The van der Waals surface area contributed by atoms with Crippen molar-refractivity contribution in [2.24, 2.45) is 0 Å². The van der Waals surface area contributed by atoms with Crippen LogP contribution in [0.25, 0.3) is 0 Å². The largest absolute Gasteiger partial charge is 0.324 e. The molecule has 0 aliphatic carbocycles. The van der Waals surface area contributed by atoms with Gasteiger partial charge in [0.15, 0.2) is 0 Å². The number of thioether (sulfide) groups is 1. The summed E-state index contributed by atoms with van der Waals surface area (Å²) in [4.78, 5) is 25.3. The van der Waals surface area contributed by atoms with E-state index in [0.29, 0.717) is 22.6 Å². The van der Waals surface area contributed by atoms with Gasteiger partial charge >= 0.3 is 0 Å². The van der Waals surface area contributed by atoms with E-state index in [2.05, 4.69) is 35.8 Å². The standard InChI is InChI=1S/C17H19N7OS/c1-4-26-17-22-16(23-24-17)21-14(25)12-6-5-7-13(9-12)20-15-18-10(2)8-11(3)19-15/h5-9H,4H2,1-3H3,(H,18,19,20)(H2,21,22,23,24,25). The van der Waals surface area contributed by atoms with Gasteiger partial charge in [-0.2, -0.15) is 4.98 Å². The molecule has 26 heavy (non-hydrogen) atoms. The van der Waals surface area contributed by atoms with Gasteiger partial charge in [-0.15, -0.1) is 5.10 Å². The monoisotopic (exact) mass is 369 g/mol. The number of H-pyrrole nitrogens is 1. The van der Waals surface area contributed by atoms with Crippen molar-refractivity contribution >= 4 is 35.3 Å². The summed E-state index contributed by atoms with van der Waals surface area (Å²) < 4.78 is 0. The van der Waals surface area contributed by atoms with E-state index in [4.69, 9.17) is 0 Å². The summed E-state index contributed by atoms with van der Waals surface area (Å²) in [6, 6.07) is 8.99. The first-order valence-corrected chi connectivity index (χ1v) is 9.08. The third-order valence-electron chi connectivity index (χ3n) is 3.33. The van der Waals surface area contributed by atoms with Crippen LogP contribution >= 0.6 is 11.8 Å². The number of nitrogens with one attached hydrogen (secondary N) is 3. The number of nitrogens with zero attached hydrogens (tertiary/aromatic N) is 4. The van der Waals surface area contributed by atoms with Gasteiger partial charge < -0.3 is 5.32 Å². The fourth-order valence-electron chi connectivity index (χ4n) is 2.32. The number of benzene rings is 1. The SMILES string of the molecule is CCSc1n[nH]c(NC(=O)c2cccc(Nc3nc(C)cc(C)n3)c2)n1. The zero-order valence-corrected chi connectivity index (χ0v) is 15.5. The van der Waals surface area contributed by atoms with Gasteiger partial charge in [0.05, 0.1) is 0 Å². The van der Waals surface area contributed by atoms with Crippen molar-refractivity contribution in [3.8, 4) is 0 Å². The lowest BCUT2D eigenvalue weighted by Gasteiger charge is -2.08. The number of aryl methyl sites for hydroxylation is 2. The molecule has 0 radical (unpaired) electrons. The first-order valence-electron chi connectivity index (χ1n) is 8.09. The first-order chi connectivity index (χ1) is 12.5. The van der Waals surface area contributed by atoms with Crippen molar-refractivity contribution in [2.45, 2.75) is 25.9 Å². The molecule has 0 saturated carbocycles. The van der Waals surface area contributed by atoms with E-state index in [9.17, 15) is 4.79 Å². The predicted octanol–water partition coefficient (Wildman–Crippen LogP) is 3.32. The Hall–Kier alpha value is -2.94. The van der Waals surface area contributed by atoms with Gasteiger partial charge in [-0.1, -0.05) is 24.8 Å². The summed E-state index contributed by atoms with van der Waals surface area (Å²) in [5.41, 5.74) is 2.96. The van der Waals surface area contributed by atoms with Crippen LogP contribution in [0.4, 0.5) is 17.6 Å². The zero-order valence-electron chi connectivity index (χ0n) is 14.7. The fraction of sp³-hybridized carbons (Fsp3) is 0.235. The highest BCUT2D eigenvalue weighted by Gasteiger charge is 2.11. The number of rotatable bonds is 6. The summed E-state index contributed by atoms with van der Waals surface area (Å²) in [5, 5.41) is 13.2. The molecule has 9 heteroatoms. The first kappa shape index (κ1) is 17.9. The highest BCUT2D eigenvalue weighted by Crippen LogP contribution is 2.17. The van der Waals surface area contributed by atoms with Gasteiger partial charge in [0.25, 0.3) is 5.91 Å². The van der Waals surface area contributed by atoms with Gasteiger partial charge in [0.2, 0.25) is 17.1 Å². The molecule has 0 fully saturated rings.